The molecule has 1 aromatic rings. The van der Waals surface area contributed by atoms with Crippen LogP contribution in [0.4, 0.5) is 4.79 Å². The standard InChI is InChI=1S/C21H33N3O8S/c1-7-14(2)12-18(26)24(33(29,30)31-6)23-19(27)17(22-20(28)32-21(3,4)5)13-15-8-10-16(25)11-9-15/h8-11,14,17,25H,7,12-13H2,1-6H3,(H,22,28)(H,23,27)/t14-,17-/m0/s1. The fraction of sp³-hybridized carbons (Fsp3) is 0.571. The second kappa shape index (κ2) is 11.8. The van der Waals surface area contributed by atoms with Crippen LogP contribution >= 0.6 is 0 Å². The number of hydrazine groups is 1. The van der Waals surface area contributed by atoms with Crippen molar-refractivity contribution in [3.8, 4) is 5.75 Å². The molecule has 12 heteroatoms. The third-order valence-electron chi connectivity index (χ3n) is 4.48. The van der Waals surface area contributed by atoms with Crippen LogP contribution in [0.5, 0.6) is 5.75 Å². The Kier molecular flexibility index (Phi) is 10.1. The van der Waals surface area contributed by atoms with E-state index in [2.05, 4.69) is 9.50 Å². The SMILES string of the molecule is CC[C@H](C)CC(=O)N(NC(=O)[C@H](Cc1ccc(O)cc1)NC(=O)OC(C)(C)C)S(=O)(=O)OC. The van der Waals surface area contributed by atoms with E-state index in [-0.39, 0.29) is 28.9 Å². The zero-order valence-electron chi connectivity index (χ0n) is 19.7. The number of benzene rings is 1. The lowest BCUT2D eigenvalue weighted by Crippen LogP contribution is -2.57. The quantitative estimate of drug-likeness (QED) is 0.448. The molecule has 0 unspecified atom stereocenters. The van der Waals surface area contributed by atoms with Gasteiger partial charge < -0.3 is 15.2 Å². The van der Waals surface area contributed by atoms with Crippen molar-refractivity contribution in [2.24, 2.45) is 5.92 Å². The second-order valence-electron chi connectivity index (χ2n) is 8.55. The van der Waals surface area contributed by atoms with Gasteiger partial charge in [-0.15, -0.1) is 4.41 Å². The average Bonchev–Trinajstić information content (AvgIpc) is 2.71. The number of aromatic hydroxyl groups is 1. The summed E-state index contributed by atoms with van der Waals surface area (Å²) in [5.74, 6) is -2.00. The molecule has 1 rings (SSSR count). The normalized spacial score (nSPS) is 13.5. The van der Waals surface area contributed by atoms with Crippen molar-refractivity contribution in [1.29, 1.82) is 0 Å². The van der Waals surface area contributed by atoms with Crippen molar-refractivity contribution in [3.05, 3.63) is 29.8 Å². The number of nitrogens with zero attached hydrogens (tertiary/aromatic N) is 1. The molecule has 0 aliphatic heterocycles. The number of ether oxygens (including phenoxy) is 1. The third kappa shape index (κ3) is 9.66. The molecule has 0 aliphatic carbocycles. The minimum absolute atomic E-state index is 0.00727. The van der Waals surface area contributed by atoms with E-state index in [1.807, 2.05) is 12.3 Å². The summed E-state index contributed by atoms with van der Waals surface area (Å²) < 4.78 is 34.4. The first-order valence-corrected chi connectivity index (χ1v) is 11.8. The van der Waals surface area contributed by atoms with Crippen molar-refractivity contribution in [2.75, 3.05) is 7.11 Å². The summed E-state index contributed by atoms with van der Waals surface area (Å²) in [6, 6.07) is 4.55. The molecule has 0 bridgehead atoms. The lowest BCUT2D eigenvalue weighted by Gasteiger charge is -2.26. The minimum Gasteiger partial charge on any atom is -0.508 e. The fourth-order valence-corrected chi connectivity index (χ4v) is 3.22. The molecule has 0 aromatic heterocycles. The average molecular weight is 488 g/mol. The van der Waals surface area contributed by atoms with Crippen molar-refractivity contribution in [3.63, 3.8) is 0 Å². The van der Waals surface area contributed by atoms with Gasteiger partial charge in [-0.1, -0.05) is 32.4 Å². The number of amides is 3. The first kappa shape index (κ1) is 28.2. The largest absolute Gasteiger partial charge is 0.508 e. The smallest absolute Gasteiger partial charge is 0.408 e. The van der Waals surface area contributed by atoms with Crippen molar-refractivity contribution in [2.45, 2.75) is 65.5 Å². The molecule has 33 heavy (non-hydrogen) atoms. The van der Waals surface area contributed by atoms with Crippen LogP contribution in [0.3, 0.4) is 0 Å². The van der Waals surface area contributed by atoms with E-state index in [0.717, 1.165) is 7.11 Å². The van der Waals surface area contributed by atoms with Crippen LogP contribution in [0.1, 0.15) is 53.0 Å². The zero-order valence-corrected chi connectivity index (χ0v) is 20.6. The molecule has 0 saturated carbocycles. The number of hydrogen-bond acceptors (Lipinski definition) is 8. The van der Waals surface area contributed by atoms with E-state index in [1.54, 1.807) is 27.7 Å². The molecule has 2 atom stereocenters. The molecule has 0 aliphatic rings. The van der Waals surface area contributed by atoms with Crippen LogP contribution in [0.2, 0.25) is 0 Å². The number of phenols is 1. The maximum Gasteiger partial charge on any atom is 0.408 e. The number of hydrogen-bond donors (Lipinski definition) is 3. The molecular formula is C21H33N3O8S. The molecule has 186 valence electrons. The Balaban J connectivity index is 3.18. The number of phenolic OH excluding ortho intramolecular Hbond substituents is 1. The number of alkyl carbamates (subject to hydrolysis) is 1. The van der Waals surface area contributed by atoms with Crippen molar-refractivity contribution >= 4 is 28.2 Å². The first-order valence-electron chi connectivity index (χ1n) is 10.4. The Hall–Kier alpha value is -2.86. The summed E-state index contributed by atoms with van der Waals surface area (Å²) >= 11 is 0. The maximum atomic E-state index is 13.0. The Labute approximate surface area is 194 Å². The van der Waals surface area contributed by atoms with E-state index in [0.29, 0.717) is 12.0 Å². The minimum atomic E-state index is -4.60. The predicted octanol–water partition coefficient (Wildman–Crippen LogP) is 2.02. The Morgan fingerprint density at radius 1 is 1.15 bits per heavy atom. The van der Waals surface area contributed by atoms with Gasteiger partial charge in [0.25, 0.3) is 11.8 Å². The highest BCUT2D eigenvalue weighted by Gasteiger charge is 2.33. The van der Waals surface area contributed by atoms with Crippen molar-refractivity contribution in [1.82, 2.24) is 15.2 Å². The number of carbonyl (C=O) groups excluding carboxylic acids is 3. The van der Waals surface area contributed by atoms with E-state index in [4.69, 9.17) is 4.74 Å². The van der Waals surface area contributed by atoms with Gasteiger partial charge in [-0.2, -0.15) is 8.42 Å². The molecule has 0 saturated heterocycles. The molecule has 3 N–H and O–H groups in total. The highest BCUT2D eigenvalue weighted by molar-refractivity contribution is 7.84. The third-order valence-corrected chi connectivity index (χ3v) is 5.64. The monoisotopic (exact) mass is 487 g/mol. The predicted molar refractivity (Wildman–Crippen MR) is 120 cm³/mol. The highest BCUT2D eigenvalue weighted by Crippen LogP contribution is 2.14. The summed E-state index contributed by atoms with van der Waals surface area (Å²) in [5, 5.41) is 11.9. The fourth-order valence-electron chi connectivity index (χ4n) is 2.55. The van der Waals surface area contributed by atoms with Gasteiger partial charge in [0.05, 0.1) is 7.11 Å². The lowest BCUT2D eigenvalue weighted by molar-refractivity contribution is -0.137. The van der Waals surface area contributed by atoms with Gasteiger partial charge in [0, 0.05) is 12.8 Å². The number of nitrogens with one attached hydrogen (secondary N) is 2. The summed E-state index contributed by atoms with van der Waals surface area (Å²) in [4.78, 5) is 37.9. The molecule has 0 radical (unpaired) electrons. The van der Waals surface area contributed by atoms with E-state index in [9.17, 15) is 27.9 Å². The maximum absolute atomic E-state index is 13.0. The molecule has 0 fully saturated rings. The van der Waals surface area contributed by atoms with Gasteiger partial charge >= 0.3 is 16.4 Å². The lowest BCUT2D eigenvalue weighted by atomic mass is 10.0. The summed E-state index contributed by atoms with van der Waals surface area (Å²) in [5.41, 5.74) is 1.76. The van der Waals surface area contributed by atoms with Crippen LogP contribution in [-0.2, 0) is 35.2 Å². The van der Waals surface area contributed by atoms with E-state index >= 15 is 0 Å². The molecule has 0 spiro atoms. The first-order chi connectivity index (χ1) is 15.2. The van der Waals surface area contributed by atoms with Gasteiger partial charge in [-0.25, -0.2) is 10.2 Å². The number of carbonyl (C=O) groups is 3. The van der Waals surface area contributed by atoms with Crippen molar-refractivity contribution < 1.29 is 36.8 Å². The van der Waals surface area contributed by atoms with Gasteiger partial charge in [-0.3, -0.25) is 13.8 Å². The van der Waals surface area contributed by atoms with Crippen LogP contribution in [-0.4, -0.2) is 54.6 Å². The molecule has 11 nitrogen and oxygen atoms in total. The Bertz CT molecular complexity index is 926. The van der Waals surface area contributed by atoms with Gasteiger partial charge in [-0.05, 0) is 44.4 Å². The second-order valence-corrected chi connectivity index (χ2v) is 10.1. The topological polar surface area (TPSA) is 151 Å². The molecule has 3 amide bonds. The van der Waals surface area contributed by atoms with E-state index in [1.165, 1.54) is 24.3 Å². The molecular weight excluding hydrogens is 454 g/mol. The van der Waals surface area contributed by atoms with Crippen LogP contribution < -0.4 is 10.7 Å². The molecule has 0 heterocycles. The van der Waals surface area contributed by atoms with Gasteiger partial charge in [0.1, 0.15) is 17.4 Å². The summed E-state index contributed by atoms with van der Waals surface area (Å²) in [6.07, 6.45) is -0.522. The Morgan fingerprint density at radius 2 is 1.73 bits per heavy atom. The Morgan fingerprint density at radius 3 is 2.21 bits per heavy atom. The van der Waals surface area contributed by atoms with Gasteiger partial charge in [0.15, 0.2) is 0 Å². The van der Waals surface area contributed by atoms with Gasteiger partial charge in [0.2, 0.25) is 0 Å². The van der Waals surface area contributed by atoms with E-state index < -0.39 is 39.9 Å². The molecule has 1 aromatic carbocycles. The van der Waals surface area contributed by atoms with Crippen LogP contribution in [0.15, 0.2) is 24.3 Å². The summed E-state index contributed by atoms with van der Waals surface area (Å²) in [6.45, 7) is 8.52. The zero-order chi connectivity index (χ0) is 25.4. The van der Waals surface area contributed by atoms with Crippen LogP contribution in [0.25, 0.3) is 0 Å². The number of rotatable bonds is 9. The summed E-state index contributed by atoms with van der Waals surface area (Å²) in [7, 11) is -3.74. The highest BCUT2D eigenvalue weighted by atomic mass is 32.2. The van der Waals surface area contributed by atoms with Crippen LogP contribution in [0, 0.1) is 5.92 Å².